The number of aryl methyl sites for hydroxylation is 2. The highest BCUT2D eigenvalue weighted by Gasteiger charge is 2.09. The molecule has 0 aliphatic rings. The second kappa shape index (κ2) is 7.78. The standard InChI is InChI=1S/C16H24N4O/c1-4-9-20-15(18-12-19-20)11-21-16-13(3)7-6-8-14(16)10-17-5-2/h6-8,12,17H,4-5,9-11H2,1-3H3. The number of ether oxygens (including phenoxy) is 1. The maximum absolute atomic E-state index is 6.03. The van der Waals surface area contributed by atoms with Gasteiger partial charge in [-0.1, -0.05) is 32.0 Å². The summed E-state index contributed by atoms with van der Waals surface area (Å²) in [5.74, 6) is 1.82. The van der Waals surface area contributed by atoms with Crippen molar-refractivity contribution in [3.63, 3.8) is 0 Å². The summed E-state index contributed by atoms with van der Waals surface area (Å²) in [7, 11) is 0. The zero-order valence-corrected chi connectivity index (χ0v) is 13.1. The van der Waals surface area contributed by atoms with Gasteiger partial charge in [-0.15, -0.1) is 0 Å². The van der Waals surface area contributed by atoms with Crippen LogP contribution in [0.3, 0.4) is 0 Å². The van der Waals surface area contributed by atoms with Gasteiger partial charge in [-0.05, 0) is 25.5 Å². The molecular weight excluding hydrogens is 264 g/mol. The number of hydrogen-bond acceptors (Lipinski definition) is 4. The molecular formula is C16H24N4O. The van der Waals surface area contributed by atoms with Gasteiger partial charge in [0.05, 0.1) is 0 Å². The molecule has 0 aliphatic heterocycles. The van der Waals surface area contributed by atoms with E-state index in [1.165, 1.54) is 5.56 Å². The molecule has 0 fully saturated rings. The molecule has 5 nitrogen and oxygen atoms in total. The topological polar surface area (TPSA) is 52.0 Å². The lowest BCUT2D eigenvalue weighted by Gasteiger charge is -2.14. The maximum atomic E-state index is 6.03. The second-order valence-electron chi connectivity index (χ2n) is 5.03. The first-order valence-electron chi connectivity index (χ1n) is 7.55. The van der Waals surface area contributed by atoms with Gasteiger partial charge in [0.15, 0.2) is 5.82 Å². The van der Waals surface area contributed by atoms with Crippen LogP contribution in [0.15, 0.2) is 24.5 Å². The molecule has 1 aromatic heterocycles. The van der Waals surface area contributed by atoms with E-state index in [4.69, 9.17) is 4.74 Å². The minimum Gasteiger partial charge on any atom is -0.485 e. The highest BCUT2D eigenvalue weighted by atomic mass is 16.5. The van der Waals surface area contributed by atoms with Crippen LogP contribution in [-0.4, -0.2) is 21.3 Å². The normalized spacial score (nSPS) is 10.8. The fourth-order valence-electron chi connectivity index (χ4n) is 2.25. The summed E-state index contributed by atoms with van der Waals surface area (Å²) < 4.78 is 7.94. The smallest absolute Gasteiger partial charge is 0.164 e. The Morgan fingerprint density at radius 1 is 1.29 bits per heavy atom. The van der Waals surface area contributed by atoms with Crippen LogP contribution in [0.1, 0.15) is 37.2 Å². The maximum Gasteiger partial charge on any atom is 0.164 e. The van der Waals surface area contributed by atoms with Crippen molar-refractivity contribution < 1.29 is 4.74 Å². The van der Waals surface area contributed by atoms with E-state index in [2.05, 4.69) is 54.4 Å². The van der Waals surface area contributed by atoms with Crippen molar-refractivity contribution in [1.29, 1.82) is 0 Å². The summed E-state index contributed by atoms with van der Waals surface area (Å²) in [5.41, 5.74) is 2.32. The van der Waals surface area contributed by atoms with Gasteiger partial charge >= 0.3 is 0 Å². The third-order valence-corrected chi connectivity index (χ3v) is 3.34. The minimum absolute atomic E-state index is 0.448. The third-order valence-electron chi connectivity index (χ3n) is 3.34. The number of aromatic nitrogens is 3. The Balaban J connectivity index is 2.10. The number of para-hydroxylation sites is 1. The Bertz CT molecular complexity index is 565. The fraction of sp³-hybridized carbons (Fsp3) is 0.500. The van der Waals surface area contributed by atoms with Crippen LogP contribution < -0.4 is 10.1 Å². The van der Waals surface area contributed by atoms with Crippen LogP contribution in [0, 0.1) is 6.92 Å². The molecule has 0 aliphatic carbocycles. The van der Waals surface area contributed by atoms with Crippen LogP contribution in [0.2, 0.25) is 0 Å². The molecule has 0 bridgehead atoms. The van der Waals surface area contributed by atoms with Gasteiger partial charge in [0.1, 0.15) is 18.7 Å². The molecule has 1 aromatic carbocycles. The van der Waals surface area contributed by atoms with E-state index < -0.39 is 0 Å². The fourth-order valence-corrected chi connectivity index (χ4v) is 2.25. The molecule has 0 radical (unpaired) electrons. The number of benzene rings is 1. The van der Waals surface area contributed by atoms with Gasteiger partial charge in [0.25, 0.3) is 0 Å². The Hall–Kier alpha value is -1.88. The summed E-state index contributed by atoms with van der Waals surface area (Å²) in [5, 5.41) is 7.57. The number of hydrogen-bond donors (Lipinski definition) is 1. The number of rotatable bonds is 8. The predicted molar refractivity (Wildman–Crippen MR) is 83.2 cm³/mol. The highest BCUT2D eigenvalue weighted by Crippen LogP contribution is 2.24. The third kappa shape index (κ3) is 4.04. The first-order chi connectivity index (χ1) is 10.3. The average Bonchev–Trinajstić information content (AvgIpc) is 2.92. The van der Waals surface area contributed by atoms with Gasteiger partial charge in [-0.3, -0.25) is 0 Å². The van der Waals surface area contributed by atoms with Crippen molar-refractivity contribution in [3.05, 3.63) is 41.5 Å². The Morgan fingerprint density at radius 2 is 2.14 bits per heavy atom. The Labute approximate surface area is 126 Å². The SMILES string of the molecule is CCCn1ncnc1COc1c(C)cccc1CNCC. The van der Waals surface area contributed by atoms with Crippen LogP contribution in [0.25, 0.3) is 0 Å². The van der Waals surface area contributed by atoms with E-state index in [1.54, 1.807) is 6.33 Å². The minimum atomic E-state index is 0.448. The molecule has 5 heteroatoms. The van der Waals surface area contributed by atoms with Crippen molar-refractivity contribution in [2.45, 2.75) is 46.9 Å². The molecule has 2 aromatic rings. The number of nitrogens with zero attached hydrogens (tertiary/aromatic N) is 3. The van der Waals surface area contributed by atoms with Crippen molar-refractivity contribution in [2.24, 2.45) is 0 Å². The molecule has 1 heterocycles. The van der Waals surface area contributed by atoms with E-state index in [9.17, 15) is 0 Å². The van der Waals surface area contributed by atoms with Crippen LogP contribution in [0.5, 0.6) is 5.75 Å². The summed E-state index contributed by atoms with van der Waals surface area (Å²) in [6, 6.07) is 6.23. The molecule has 0 saturated heterocycles. The Morgan fingerprint density at radius 3 is 2.90 bits per heavy atom. The Kier molecular flexibility index (Phi) is 5.75. The lowest BCUT2D eigenvalue weighted by atomic mass is 10.1. The second-order valence-corrected chi connectivity index (χ2v) is 5.03. The van der Waals surface area contributed by atoms with E-state index >= 15 is 0 Å². The highest BCUT2D eigenvalue weighted by molar-refractivity contribution is 5.40. The van der Waals surface area contributed by atoms with Crippen LogP contribution >= 0.6 is 0 Å². The molecule has 0 atom stereocenters. The summed E-state index contributed by atoms with van der Waals surface area (Å²) in [6.45, 7) is 9.38. The monoisotopic (exact) mass is 288 g/mol. The van der Waals surface area contributed by atoms with Crippen molar-refractivity contribution in [3.8, 4) is 5.75 Å². The molecule has 21 heavy (non-hydrogen) atoms. The molecule has 0 unspecified atom stereocenters. The summed E-state index contributed by atoms with van der Waals surface area (Å²) >= 11 is 0. The van der Waals surface area contributed by atoms with E-state index in [0.717, 1.165) is 43.2 Å². The van der Waals surface area contributed by atoms with Gasteiger partial charge in [-0.25, -0.2) is 9.67 Å². The lowest BCUT2D eigenvalue weighted by molar-refractivity contribution is 0.281. The largest absolute Gasteiger partial charge is 0.485 e. The quantitative estimate of drug-likeness (QED) is 0.811. The molecule has 1 N–H and O–H groups in total. The van der Waals surface area contributed by atoms with E-state index in [-0.39, 0.29) is 0 Å². The van der Waals surface area contributed by atoms with Crippen molar-refractivity contribution in [1.82, 2.24) is 20.1 Å². The van der Waals surface area contributed by atoms with Crippen molar-refractivity contribution in [2.75, 3.05) is 6.54 Å². The molecule has 0 saturated carbocycles. The van der Waals surface area contributed by atoms with Gasteiger partial charge in [-0.2, -0.15) is 5.10 Å². The van der Waals surface area contributed by atoms with Crippen LogP contribution in [-0.2, 0) is 19.7 Å². The predicted octanol–water partition coefficient (Wildman–Crippen LogP) is 2.69. The zero-order chi connectivity index (χ0) is 15.1. The van der Waals surface area contributed by atoms with Gasteiger partial charge < -0.3 is 10.1 Å². The molecule has 2 rings (SSSR count). The number of nitrogens with one attached hydrogen (secondary N) is 1. The van der Waals surface area contributed by atoms with E-state index in [1.807, 2.05) is 4.68 Å². The molecule has 0 spiro atoms. The average molecular weight is 288 g/mol. The first-order valence-corrected chi connectivity index (χ1v) is 7.55. The summed E-state index contributed by atoms with van der Waals surface area (Å²) in [4.78, 5) is 4.28. The van der Waals surface area contributed by atoms with Gasteiger partial charge in [0.2, 0.25) is 0 Å². The van der Waals surface area contributed by atoms with Gasteiger partial charge in [0, 0.05) is 18.7 Å². The van der Waals surface area contributed by atoms with Crippen molar-refractivity contribution >= 4 is 0 Å². The lowest BCUT2D eigenvalue weighted by Crippen LogP contribution is -2.14. The molecule has 114 valence electrons. The summed E-state index contributed by atoms with van der Waals surface area (Å²) in [6.07, 6.45) is 2.62. The molecule has 0 amide bonds. The van der Waals surface area contributed by atoms with Crippen LogP contribution in [0.4, 0.5) is 0 Å². The van der Waals surface area contributed by atoms with E-state index in [0.29, 0.717) is 6.61 Å². The first kappa shape index (κ1) is 15.5. The zero-order valence-electron chi connectivity index (χ0n) is 13.1.